The van der Waals surface area contributed by atoms with Crippen molar-refractivity contribution < 1.29 is 9.59 Å². The lowest BCUT2D eigenvalue weighted by molar-refractivity contribution is -0.117. The zero-order valence-corrected chi connectivity index (χ0v) is 14.5. The third-order valence-corrected chi connectivity index (χ3v) is 5.04. The van der Waals surface area contributed by atoms with E-state index in [2.05, 4.69) is 20.8 Å². The van der Waals surface area contributed by atoms with Crippen molar-refractivity contribution in [3.63, 3.8) is 0 Å². The number of hydrogen-bond acceptors (Lipinski definition) is 5. The topological polar surface area (TPSA) is 88.9 Å². The predicted octanol–water partition coefficient (Wildman–Crippen LogP) is 2.22. The van der Waals surface area contributed by atoms with E-state index in [0.29, 0.717) is 11.1 Å². The van der Waals surface area contributed by atoms with E-state index in [1.807, 2.05) is 34.9 Å². The molecule has 2 aliphatic rings. The molecule has 2 aromatic rings. The van der Waals surface area contributed by atoms with E-state index < -0.39 is 6.03 Å². The number of aromatic nitrogens is 3. The molecule has 0 atom stereocenters. The Morgan fingerprint density at radius 2 is 1.88 bits per heavy atom. The number of para-hydroxylation sites is 1. The second-order valence-electron chi connectivity index (χ2n) is 6.37. The number of thioether (sulfide) groups is 1. The van der Waals surface area contributed by atoms with Gasteiger partial charge in [-0.15, -0.1) is 10.2 Å². The van der Waals surface area contributed by atoms with Crippen molar-refractivity contribution in [3.05, 3.63) is 36.2 Å². The predicted molar refractivity (Wildman–Crippen MR) is 93.8 cm³/mol. The number of benzene rings is 1. The zero-order valence-electron chi connectivity index (χ0n) is 13.6. The van der Waals surface area contributed by atoms with E-state index in [1.165, 1.54) is 11.8 Å². The number of rotatable bonds is 6. The van der Waals surface area contributed by atoms with Crippen LogP contribution in [0.4, 0.5) is 4.79 Å². The number of imide groups is 1. The lowest BCUT2D eigenvalue weighted by atomic mass is 10.3. The highest BCUT2D eigenvalue weighted by Crippen LogP contribution is 2.41. The van der Waals surface area contributed by atoms with E-state index in [0.717, 1.165) is 37.2 Å². The van der Waals surface area contributed by atoms with Gasteiger partial charge >= 0.3 is 6.03 Å². The Labute approximate surface area is 149 Å². The lowest BCUT2D eigenvalue weighted by Gasteiger charge is -2.09. The molecular weight excluding hydrogens is 338 g/mol. The van der Waals surface area contributed by atoms with Crippen LogP contribution in [0.2, 0.25) is 0 Å². The molecule has 0 saturated heterocycles. The molecule has 2 aliphatic carbocycles. The summed E-state index contributed by atoms with van der Waals surface area (Å²) in [6.45, 7) is 0. The zero-order chi connectivity index (χ0) is 17.2. The molecule has 2 saturated carbocycles. The first-order valence-corrected chi connectivity index (χ1v) is 9.43. The highest BCUT2D eigenvalue weighted by molar-refractivity contribution is 7.99. The maximum atomic E-state index is 12.0. The van der Waals surface area contributed by atoms with Gasteiger partial charge in [-0.1, -0.05) is 30.0 Å². The first-order valence-electron chi connectivity index (χ1n) is 8.44. The van der Waals surface area contributed by atoms with Gasteiger partial charge in [0.15, 0.2) is 5.16 Å². The second-order valence-corrected chi connectivity index (χ2v) is 7.31. The number of carbonyl (C=O) groups excluding carboxylic acids is 2. The molecule has 1 aromatic carbocycles. The summed E-state index contributed by atoms with van der Waals surface area (Å²) >= 11 is 1.29. The minimum atomic E-state index is -0.420. The van der Waals surface area contributed by atoms with Crippen molar-refractivity contribution in [1.29, 1.82) is 0 Å². The molecule has 2 fully saturated rings. The molecule has 130 valence electrons. The van der Waals surface area contributed by atoms with Gasteiger partial charge in [0.25, 0.3) is 0 Å². The van der Waals surface area contributed by atoms with Crippen molar-refractivity contribution in [2.75, 3.05) is 5.75 Å². The van der Waals surface area contributed by atoms with Crippen LogP contribution < -0.4 is 10.6 Å². The maximum absolute atomic E-state index is 12.0. The van der Waals surface area contributed by atoms with Crippen LogP contribution in [-0.4, -0.2) is 38.5 Å². The number of nitrogens with zero attached hydrogens (tertiary/aromatic N) is 3. The molecule has 0 aliphatic heterocycles. The first-order chi connectivity index (χ1) is 12.2. The lowest BCUT2D eigenvalue weighted by Crippen LogP contribution is -2.41. The maximum Gasteiger partial charge on any atom is 0.321 e. The van der Waals surface area contributed by atoms with Crippen molar-refractivity contribution in [2.45, 2.75) is 42.8 Å². The summed E-state index contributed by atoms with van der Waals surface area (Å²) in [7, 11) is 0. The summed E-state index contributed by atoms with van der Waals surface area (Å²) in [6.07, 6.45) is 4.22. The molecule has 3 amide bonds. The van der Waals surface area contributed by atoms with E-state index >= 15 is 0 Å². The second kappa shape index (κ2) is 6.87. The minimum Gasteiger partial charge on any atom is -0.335 e. The molecule has 0 spiro atoms. The third kappa shape index (κ3) is 4.01. The Hall–Kier alpha value is -2.35. The SMILES string of the molecule is O=C(CSc1nnc(C2CC2)n1-c1ccccc1)NC(=O)NC1CC1. The fourth-order valence-electron chi connectivity index (χ4n) is 2.54. The summed E-state index contributed by atoms with van der Waals surface area (Å²) in [6, 6.07) is 9.71. The Kier molecular flexibility index (Phi) is 4.44. The largest absolute Gasteiger partial charge is 0.335 e. The smallest absolute Gasteiger partial charge is 0.321 e. The van der Waals surface area contributed by atoms with Gasteiger partial charge in [0, 0.05) is 17.6 Å². The monoisotopic (exact) mass is 357 g/mol. The van der Waals surface area contributed by atoms with Crippen molar-refractivity contribution in [1.82, 2.24) is 25.4 Å². The van der Waals surface area contributed by atoms with Crippen LogP contribution in [0.25, 0.3) is 5.69 Å². The molecule has 0 unspecified atom stereocenters. The number of hydrogen-bond donors (Lipinski definition) is 2. The third-order valence-electron chi connectivity index (χ3n) is 4.11. The highest BCUT2D eigenvalue weighted by atomic mass is 32.2. The van der Waals surface area contributed by atoms with Gasteiger partial charge in [0.05, 0.1) is 5.75 Å². The molecule has 25 heavy (non-hydrogen) atoms. The standard InChI is InChI=1S/C17H19N5O2S/c23-14(19-16(24)18-12-8-9-12)10-25-17-21-20-15(11-6-7-11)22(17)13-4-2-1-3-5-13/h1-5,11-12H,6-10H2,(H2,18,19,23,24). The summed E-state index contributed by atoms with van der Waals surface area (Å²) in [5.74, 6) is 1.17. The molecule has 1 heterocycles. The van der Waals surface area contributed by atoms with Crippen molar-refractivity contribution >= 4 is 23.7 Å². The van der Waals surface area contributed by atoms with Gasteiger partial charge in [-0.2, -0.15) is 0 Å². The van der Waals surface area contributed by atoms with Crippen molar-refractivity contribution in [3.8, 4) is 5.69 Å². The highest BCUT2D eigenvalue weighted by Gasteiger charge is 2.31. The van der Waals surface area contributed by atoms with Gasteiger partial charge in [0.2, 0.25) is 5.91 Å². The van der Waals surface area contributed by atoms with Gasteiger partial charge in [-0.3, -0.25) is 14.7 Å². The average molecular weight is 357 g/mol. The fourth-order valence-corrected chi connectivity index (χ4v) is 3.30. The molecule has 0 radical (unpaired) electrons. The van der Waals surface area contributed by atoms with Crippen molar-refractivity contribution in [2.24, 2.45) is 0 Å². The number of nitrogens with one attached hydrogen (secondary N) is 2. The first kappa shape index (κ1) is 16.1. The van der Waals surface area contributed by atoms with Crippen LogP contribution in [0.5, 0.6) is 0 Å². The molecule has 1 aromatic heterocycles. The van der Waals surface area contributed by atoms with E-state index in [9.17, 15) is 9.59 Å². The summed E-state index contributed by atoms with van der Waals surface area (Å²) in [4.78, 5) is 23.6. The van der Waals surface area contributed by atoms with Crippen LogP contribution >= 0.6 is 11.8 Å². The molecule has 7 nitrogen and oxygen atoms in total. The Morgan fingerprint density at radius 3 is 2.56 bits per heavy atom. The van der Waals surface area contributed by atoms with E-state index in [4.69, 9.17) is 0 Å². The molecular formula is C17H19N5O2S. The Bertz CT molecular complexity index is 784. The number of urea groups is 1. The average Bonchev–Trinajstić information content (AvgIpc) is 3.54. The normalized spacial score (nSPS) is 16.5. The van der Waals surface area contributed by atoms with Crippen LogP contribution in [0, 0.1) is 0 Å². The molecule has 0 bridgehead atoms. The number of carbonyl (C=O) groups is 2. The van der Waals surface area contributed by atoms with Gasteiger partial charge in [-0.25, -0.2) is 4.79 Å². The Balaban J connectivity index is 1.43. The minimum absolute atomic E-state index is 0.119. The quantitative estimate of drug-likeness (QED) is 0.774. The number of amides is 3. The molecule has 4 rings (SSSR count). The van der Waals surface area contributed by atoms with E-state index in [-0.39, 0.29) is 17.7 Å². The van der Waals surface area contributed by atoms with Gasteiger partial charge < -0.3 is 5.32 Å². The summed E-state index contributed by atoms with van der Waals surface area (Å²) < 4.78 is 2.01. The molecule has 8 heteroatoms. The Morgan fingerprint density at radius 1 is 1.12 bits per heavy atom. The van der Waals surface area contributed by atoms with Crippen LogP contribution in [0.15, 0.2) is 35.5 Å². The summed E-state index contributed by atoms with van der Waals surface area (Å²) in [5.41, 5.74) is 0.990. The van der Waals surface area contributed by atoms with Crippen LogP contribution in [0.3, 0.4) is 0 Å². The fraction of sp³-hybridized carbons (Fsp3) is 0.412. The molecule has 2 N–H and O–H groups in total. The van der Waals surface area contributed by atoms with Crippen LogP contribution in [-0.2, 0) is 4.79 Å². The van der Waals surface area contributed by atoms with Crippen LogP contribution in [0.1, 0.15) is 37.4 Å². The summed E-state index contributed by atoms with van der Waals surface area (Å²) in [5, 5.41) is 14.3. The van der Waals surface area contributed by atoms with E-state index in [1.54, 1.807) is 0 Å². The van der Waals surface area contributed by atoms with Gasteiger partial charge in [-0.05, 0) is 37.8 Å². The van der Waals surface area contributed by atoms with Gasteiger partial charge in [0.1, 0.15) is 5.82 Å².